The molecule has 0 aliphatic heterocycles. The molecule has 0 unspecified atom stereocenters. The third-order valence-electron chi connectivity index (χ3n) is 9.01. The van der Waals surface area contributed by atoms with Gasteiger partial charge in [0, 0.05) is 5.92 Å². The first kappa shape index (κ1) is 20.5. The lowest BCUT2D eigenvalue weighted by Gasteiger charge is -2.58. The lowest BCUT2D eigenvalue weighted by atomic mass is 9.47. The molecule has 0 amide bonds. The molecule has 28 heavy (non-hydrogen) atoms. The van der Waals surface area contributed by atoms with Gasteiger partial charge in [0.1, 0.15) is 5.78 Å². The molecule has 4 rings (SSSR count). The fourth-order valence-electron chi connectivity index (χ4n) is 7.58. The second-order valence-corrected chi connectivity index (χ2v) is 11.4. The summed E-state index contributed by atoms with van der Waals surface area (Å²) >= 11 is 0. The number of hydrogen-bond acceptors (Lipinski definition) is 5. The van der Waals surface area contributed by atoms with Crippen LogP contribution in [0.3, 0.4) is 0 Å². The van der Waals surface area contributed by atoms with E-state index in [1.165, 1.54) is 18.4 Å². The molecule has 0 aromatic carbocycles. The fraction of sp³-hybridized carbons (Fsp3) is 0.864. The Kier molecular flexibility index (Phi) is 5.08. The van der Waals surface area contributed by atoms with E-state index >= 15 is 0 Å². The Morgan fingerprint density at radius 3 is 2.54 bits per heavy atom. The molecule has 0 radical (unpaired) electrons. The first-order valence-corrected chi connectivity index (χ1v) is 12.1. The Labute approximate surface area is 169 Å². The maximum absolute atomic E-state index is 12.2. The van der Waals surface area contributed by atoms with E-state index in [-0.39, 0.29) is 22.9 Å². The van der Waals surface area contributed by atoms with Crippen molar-refractivity contribution >= 4 is 16.2 Å². The zero-order chi connectivity index (χ0) is 20.3. The number of allylic oxidation sites excluding steroid dienone is 1. The van der Waals surface area contributed by atoms with Crippen LogP contribution in [0.15, 0.2) is 11.6 Å². The average molecular weight is 411 g/mol. The minimum Gasteiger partial charge on any atom is -0.300 e. The van der Waals surface area contributed by atoms with Gasteiger partial charge in [-0.1, -0.05) is 25.5 Å². The monoisotopic (exact) mass is 410 g/mol. The van der Waals surface area contributed by atoms with Crippen LogP contribution in [0.4, 0.5) is 0 Å². The Morgan fingerprint density at radius 2 is 1.86 bits per heavy atom. The van der Waals surface area contributed by atoms with Gasteiger partial charge in [-0.15, -0.1) is 0 Å². The van der Waals surface area contributed by atoms with Crippen LogP contribution in [0.2, 0.25) is 0 Å². The van der Waals surface area contributed by atoms with Gasteiger partial charge in [0.15, 0.2) is 0 Å². The molecular weight excluding hydrogens is 376 g/mol. The van der Waals surface area contributed by atoms with Crippen molar-refractivity contribution in [3.8, 4) is 0 Å². The summed E-state index contributed by atoms with van der Waals surface area (Å²) in [6, 6.07) is 0. The van der Waals surface area contributed by atoms with Crippen molar-refractivity contribution in [1.29, 1.82) is 0 Å². The third-order valence-corrected chi connectivity index (χ3v) is 9.92. The lowest BCUT2D eigenvalue weighted by Crippen LogP contribution is -2.51. The smallest absolute Gasteiger partial charge is 0.300 e. The van der Waals surface area contributed by atoms with E-state index in [2.05, 4.69) is 24.1 Å². The molecule has 0 heterocycles. The summed E-state index contributed by atoms with van der Waals surface area (Å²) in [6.45, 7) is 6.53. The van der Waals surface area contributed by atoms with Gasteiger partial charge >= 0.3 is 10.4 Å². The predicted octanol–water partition coefficient (Wildman–Crippen LogP) is 4.43. The van der Waals surface area contributed by atoms with Crippen LogP contribution >= 0.6 is 0 Å². The normalized spacial score (nSPS) is 45.6. The van der Waals surface area contributed by atoms with Crippen LogP contribution in [-0.4, -0.2) is 27.4 Å². The second kappa shape index (κ2) is 6.92. The van der Waals surface area contributed by atoms with Crippen molar-refractivity contribution in [3.63, 3.8) is 0 Å². The summed E-state index contributed by atoms with van der Waals surface area (Å²) in [5.41, 5.74) is 1.68. The maximum atomic E-state index is 12.2. The van der Waals surface area contributed by atoms with Crippen LogP contribution in [0, 0.1) is 34.5 Å². The highest BCUT2D eigenvalue weighted by molar-refractivity contribution is 7.81. The molecule has 6 heteroatoms. The molecule has 4 aliphatic carbocycles. The molecule has 7 atom stereocenters. The number of carbonyl (C=O) groups excluding carboxylic acids is 1. The Morgan fingerprint density at radius 1 is 1.11 bits per heavy atom. The molecule has 5 nitrogen and oxygen atoms in total. The molecule has 3 saturated carbocycles. The highest BCUT2D eigenvalue weighted by atomic mass is 32.3. The SMILES string of the molecule is COS(=O)(=O)O[C@H]1CC[C@@]2(C)C(=CC[C@H]3[C@@H]4CC[C@H](C(C)=O)[C@@]4(C)CC[C@@H]32)C1. The highest BCUT2D eigenvalue weighted by Gasteiger charge is 2.59. The van der Waals surface area contributed by atoms with Gasteiger partial charge in [0.2, 0.25) is 0 Å². The molecule has 0 bridgehead atoms. The van der Waals surface area contributed by atoms with Crippen molar-refractivity contribution in [1.82, 2.24) is 0 Å². The Balaban J connectivity index is 1.56. The van der Waals surface area contributed by atoms with Crippen LogP contribution in [0.25, 0.3) is 0 Å². The predicted molar refractivity (Wildman–Crippen MR) is 107 cm³/mol. The van der Waals surface area contributed by atoms with E-state index in [0.29, 0.717) is 30.0 Å². The summed E-state index contributed by atoms with van der Waals surface area (Å²) in [6.07, 6.45) is 10.1. The Bertz CT molecular complexity index is 787. The molecule has 0 N–H and O–H groups in total. The van der Waals surface area contributed by atoms with E-state index in [0.717, 1.165) is 39.2 Å². The Hall–Kier alpha value is -0.720. The molecule has 3 fully saturated rings. The lowest BCUT2D eigenvalue weighted by molar-refractivity contribution is -0.127. The standard InChI is InChI=1S/C22H34O5S/c1-14(23)18-7-8-19-17-6-5-15-13-16(27-28(24,25)26-4)9-11-21(15,2)20(17)10-12-22(18,19)3/h5,16-20H,6-13H2,1-4H3/t16-,17-,18+,19-,20-,21-,22+/m0/s1. The molecule has 0 aromatic rings. The zero-order valence-corrected chi connectivity index (χ0v) is 18.4. The zero-order valence-electron chi connectivity index (χ0n) is 17.6. The molecule has 4 aliphatic rings. The fourth-order valence-corrected chi connectivity index (χ4v) is 8.16. The summed E-state index contributed by atoms with van der Waals surface area (Å²) in [5, 5.41) is 0. The van der Waals surface area contributed by atoms with Gasteiger partial charge < -0.3 is 0 Å². The van der Waals surface area contributed by atoms with E-state index in [1.807, 2.05) is 0 Å². The van der Waals surface area contributed by atoms with Gasteiger partial charge in [0.25, 0.3) is 0 Å². The van der Waals surface area contributed by atoms with Gasteiger partial charge in [-0.05, 0) is 86.9 Å². The van der Waals surface area contributed by atoms with Crippen molar-refractivity contribution < 1.29 is 21.6 Å². The average Bonchev–Trinajstić information content (AvgIpc) is 2.99. The van der Waals surface area contributed by atoms with Crippen LogP contribution in [0.1, 0.15) is 72.1 Å². The molecule has 0 saturated heterocycles. The number of Topliss-reactive ketones (excluding diaryl/α,β-unsaturated/α-hetero) is 1. The third kappa shape index (κ3) is 3.10. The van der Waals surface area contributed by atoms with E-state index in [1.54, 1.807) is 6.92 Å². The molecular formula is C22H34O5S. The molecule has 158 valence electrons. The van der Waals surface area contributed by atoms with E-state index < -0.39 is 10.4 Å². The van der Waals surface area contributed by atoms with Crippen molar-refractivity contribution in [3.05, 3.63) is 11.6 Å². The van der Waals surface area contributed by atoms with E-state index in [4.69, 9.17) is 4.18 Å². The summed E-state index contributed by atoms with van der Waals surface area (Å²) in [5.74, 6) is 2.53. The second-order valence-electron chi connectivity index (χ2n) is 10.1. The minimum atomic E-state index is -3.89. The largest absolute Gasteiger partial charge is 0.399 e. The van der Waals surface area contributed by atoms with Gasteiger partial charge in [-0.25, -0.2) is 4.18 Å². The van der Waals surface area contributed by atoms with Gasteiger partial charge in [-0.3, -0.25) is 8.98 Å². The van der Waals surface area contributed by atoms with Crippen molar-refractivity contribution in [2.45, 2.75) is 78.2 Å². The number of carbonyl (C=O) groups is 1. The number of ketones is 1. The van der Waals surface area contributed by atoms with Crippen molar-refractivity contribution in [2.75, 3.05) is 7.11 Å². The first-order valence-electron chi connectivity index (χ1n) is 10.8. The van der Waals surface area contributed by atoms with E-state index in [9.17, 15) is 13.2 Å². The highest BCUT2D eigenvalue weighted by Crippen LogP contribution is 2.66. The topological polar surface area (TPSA) is 69.7 Å². The maximum Gasteiger partial charge on any atom is 0.399 e. The van der Waals surface area contributed by atoms with Crippen LogP contribution in [-0.2, 0) is 23.6 Å². The van der Waals surface area contributed by atoms with Crippen LogP contribution in [0.5, 0.6) is 0 Å². The quantitative estimate of drug-likeness (QED) is 0.641. The number of fused-ring (bicyclic) bond motifs is 5. The molecule has 0 spiro atoms. The summed E-state index contributed by atoms with van der Waals surface area (Å²) in [7, 11) is -2.75. The van der Waals surface area contributed by atoms with Gasteiger partial charge in [-0.2, -0.15) is 8.42 Å². The van der Waals surface area contributed by atoms with Crippen molar-refractivity contribution in [2.24, 2.45) is 34.5 Å². The summed E-state index contributed by atoms with van der Waals surface area (Å²) < 4.78 is 33.1. The minimum absolute atomic E-state index is 0.134. The number of rotatable bonds is 4. The first-order chi connectivity index (χ1) is 13.1. The van der Waals surface area contributed by atoms with Gasteiger partial charge in [0.05, 0.1) is 13.2 Å². The molecule has 0 aromatic heterocycles. The van der Waals surface area contributed by atoms with Crippen LogP contribution < -0.4 is 0 Å². The summed E-state index contributed by atoms with van der Waals surface area (Å²) in [4.78, 5) is 12.2. The number of hydrogen-bond donors (Lipinski definition) is 0.